The number of hydrogen-bond donors (Lipinski definition) is 0. The van der Waals surface area contributed by atoms with Gasteiger partial charge in [-0.15, -0.1) is 0 Å². The van der Waals surface area contributed by atoms with Gasteiger partial charge in [-0.25, -0.2) is 0 Å². The van der Waals surface area contributed by atoms with Crippen LogP contribution in [0.1, 0.15) is 26.7 Å². The number of hydrogen-bond acceptors (Lipinski definition) is 3. The summed E-state index contributed by atoms with van der Waals surface area (Å²) in [6.45, 7) is 8.83. The van der Waals surface area contributed by atoms with E-state index in [1.54, 1.807) is 14.2 Å². The van der Waals surface area contributed by atoms with Gasteiger partial charge in [-0.05, 0) is 13.1 Å². The molecule has 15 heavy (non-hydrogen) atoms. The maximum absolute atomic E-state index is 6.28. The third-order valence-electron chi connectivity index (χ3n) is 3.93. The van der Waals surface area contributed by atoms with Crippen molar-refractivity contribution in [3.05, 3.63) is 0 Å². The van der Waals surface area contributed by atoms with Crippen LogP contribution in [0.5, 0.6) is 0 Å². The van der Waals surface area contributed by atoms with Gasteiger partial charge in [0.25, 0.3) is 0 Å². The van der Waals surface area contributed by atoms with Crippen LogP contribution in [0.25, 0.3) is 0 Å². The highest BCUT2D eigenvalue weighted by Gasteiger charge is 2.62. The third kappa shape index (κ3) is 2.08. The van der Waals surface area contributed by atoms with E-state index in [9.17, 15) is 0 Å². The molecule has 0 saturated carbocycles. The van der Waals surface area contributed by atoms with Crippen molar-refractivity contribution in [2.45, 2.75) is 50.9 Å². The maximum Gasteiger partial charge on any atom is 0.329 e. The molecule has 1 fully saturated rings. The lowest BCUT2D eigenvalue weighted by Gasteiger charge is -2.26. The molecule has 0 radical (unpaired) electrons. The lowest BCUT2D eigenvalue weighted by atomic mass is 10.2. The summed E-state index contributed by atoms with van der Waals surface area (Å²) in [5, 5.41) is 0. The van der Waals surface area contributed by atoms with Crippen LogP contribution in [0.15, 0.2) is 0 Å². The molecule has 0 N–H and O–H groups in total. The van der Waals surface area contributed by atoms with Crippen LogP contribution >= 0.6 is 0 Å². The summed E-state index contributed by atoms with van der Waals surface area (Å²) >= 11 is 0. The molecule has 0 aromatic heterocycles. The van der Waals surface area contributed by atoms with Gasteiger partial charge in [0.2, 0.25) is 0 Å². The Labute approximate surface area is 95.6 Å². The molecule has 1 aliphatic rings. The monoisotopic (exact) mass is 248 g/mol. The normalized spacial score (nSPS) is 46.0. The molecule has 1 saturated heterocycles. The summed E-state index contributed by atoms with van der Waals surface area (Å²) in [5.41, 5.74) is 1.17. The van der Waals surface area contributed by atoms with Gasteiger partial charge in [-0.2, -0.15) is 0 Å². The third-order valence-corrected chi connectivity index (χ3v) is 13.4. The summed E-state index contributed by atoms with van der Waals surface area (Å²) in [6.07, 6.45) is 2.28. The Bertz CT molecular complexity index is 205. The molecule has 4 unspecified atom stereocenters. The van der Waals surface area contributed by atoms with E-state index in [1.807, 2.05) is 0 Å². The number of rotatable bonds is 4. The fourth-order valence-electron chi connectivity index (χ4n) is 2.98. The maximum atomic E-state index is 6.28. The largest absolute Gasteiger partial charge is 0.414 e. The average Bonchev–Trinajstić information content (AvgIpc) is 2.47. The minimum Gasteiger partial charge on any atom is -0.414 e. The molecule has 4 atom stereocenters. The smallest absolute Gasteiger partial charge is 0.329 e. The lowest BCUT2D eigenvalue weighted by Crippen LogP contribution is -2.44. The van der Waals surface area contributed by atoms with Crippen LogP contribution in [0.3, 0.4) is 0 Å². The highest BCUT2D eigenvalue weighted by Crippen LogP contribution is 2.53. The first kappa shape index (κ1) is 13.4. The molecule has 3 nitrogen and oxygen atoms in total. The summed E-state index contributed by atoms with van der Waals surface area (Å²) in [5.74, 6) is 0. The fraction of sp³-hybridized carbons (Fsp3) is 1.00. The van der Waals surface area contributed by atoms with Crippen LogP contribution in [0.4, 0.5) is 0 Å². The van der Waals surface area contributed by atoms with Crippen LogP contribution in [0, 0.1) is 0 Å². The highest BCUT2D eigenvalue weighted by atomic mass is 28.5. The van der Waals surface area contributed by atoms with E-state index in [1.165, 1.54) is 0 Å². The molecule has 0 aliphatic carbocycles. The molecule has 1 aliphatic heterocycles. The molecule has 1 rings (SSSR count). The Morgan fingerprint density at radius 1 is 0.933 bits per heavy atom. The minimum absolute atomic E-state index is 0.587. The van der Waals surface area contributed by atoms with Gasteiger partial charge in [0.05, 0.1) is 0 Å². The van der Waals surface area contributed by atoms with Crippen molar-refractivity contribution in [1.82, 2.24) is 0 Å². The Morgan fingerprint density at radius 3 is 1.47 bits per heavy atom. The van der Waals surface area contributed by atoms with Crippen molar-refractivity contribution in [2.75, 3.05) is 14.2 Å². The second kappa shape index (κ2) is 4.67. The Balaban J connectivity index is 3.01. The van der Waals surface area contributed by atoms with Gasteiger partial charge >= 0.3 is 17.1 Å². The zero-order chi connectivity index (χ0) is 11.7. The summed E-state index contributed by atoms with van der Waals surface area (Å²) in [4.78, 5) is 0. The van der Waals surface area contributed by atoms with Crippen molar-refractivity contribution in [3.63, 3.8) is 0 Å². The molecule has 0 aromatic rings. The molecular weight excluding hydrogens is 224 g/mol. The Morgan fingerprint density at radius 2 is 1.27 bits per heavy atom. The lowest BCUT2D eigenvalue weighted by molar-refractivity contribution is 0.257. The van der Waals surface area contributed by atoms with Crippen LogP contribution < -0.4 is 0 Å². The van der Waals surface area contributed by atoms with Gasteiger partial charge < -0.3 is 13.0 Å². The van der Waals surface area contributed by atoms with Gasteiger partial charge in [0.15, 0.2) is 0 Å². The van der Waals surface area contributed by atoms with Crippen LogP contribution in [-0.2, 0) is 13.0 Å². The molecule has 0 aromatic carbocycles. The van der Waals surface area contributed by atoms with Gasteiger partial charge in [-0.3, -0.25) is 0 Å². The summed E-state index contributed by atoms with van der Waals surface area (Å²) in [7, 11) is -0.408. The average molecular weight is 248 g/mol. The highest BCUT2D eigenvalue weighted by molar-refractivity contribution is 6.87. The molecule has 90 valence electrons. The Kier molecular flexibility index (Phi) is 4.16. The molecule has 0 amide bonds. The Hall–Kier alpha value is 0.314. The molecule has 0 spiro atoms. The zero-order valence-corrected chi connectivity index (χ0v) is 12.8. The van der Waals surface area contributed by atoms with Gasteiger partial charge in [0, 0.05) is 25.3 Å². The van der Waals surface area contributed by atoms with Crippen LogP contribution in [-0.4, -0.2) is 31.3 Å². The predicted octanol–water partition coefficient (Wildman–Crippen LogP) is 3.01. The second-order valence-electron chi connectivity index (χ2n) is 4.57. The van der Waals surface area contributed by atoms with Crippen molar-refractivity contribution < 1.29 is 13.0 Å². The van der Waals surface area contributed by atoms with E-state index < -0.39 is 17.1 Å². The minimum atomic E-state index is -1.99. The molecular formula is C10H24O3Si2. The van der Waals surface area contributed by atoms with E-state index in [0.29, 0.717) is 11.1 Å². The molecule has 1 heterocycles. The molecule has 5 heteroatoms. The van der Waals surface area contributed by atoms with Crippen LogP contribution in [0.2, 0.25) is 24.2 Å². The van der Waals surface area contributed by atoms with E-state index in [2.05, 4.69) is 26.9 Å². The van der Waals surface area contributed by atoms with E-state index in [4.69, 9.17) is 13.0 Å². The zero-order valence-electron chi connectivity index (χ0n) is 10.8. The van der Waals surface area contributed by atoms with E-state index >= 15 is 0 Å². The first-order valence-corrected chi connectivity index (χ1v) is 10.6. The first-order chi connectivity index (χ1) is 6.97. The topological polar surface area (TPSA) is 27.7 Å². The summed E-state index contributed by atoms with van der Waals surface area (Å²) in [6, 6.07) is 0. The van der Waals surface area contributed by atoms with E-state index in [0.717, 1.165) is 12.8 Å². The van der Waals surface area contributed by atoms with Crippen molar-refractivity contribution in [1.29, 1.82) is 0 Å². The van der Waals surface area contributed by atoms with Gasteiger partial charge in [-0.1, -0.05) is 26.7 Å². The summed E-state index contributed by atoms with van der Waals surface area (Å²) < 4.78 is 17.7. The second-order valence-corrected chi connectivity index (χ2v) is 11.8. The standard InChI is InChI=1S/C10H24O3Si2/c1-7-9-10(8-2)15(6,12-4)13-14(9,5)11-3/h9-10H,7-8H2,1-6H3. The SMILES string of the molecule is CCC1C(CC)[Si](C)(OC)O[Si]1(C)OC. The van der Waals surface area contributed by atoms with Crippen molar-refractivity contribution >= 4 is 17.1 Å². The quantitative estimate of drug-likeness (QED) is 0.716. The van der Waals surface area contributed by atoms with Crippen molar-refractivity contribution in [2.24, 2.45) is 0 Å². The fourth-order valence-corrected chi connectivity index (χ4v) is 13.9. The van der Waals surface area contributed by atoms with E-state index in [-0.39, 0.29) is 0 Å². The van der Waals surface area contributed by atoms with Gasteiger partial charge in [0.1, 0.15) is 0 Å². The van der Waals surface area contributed by atoms with Crippen molar-refractivity contribution in [3.8, 4) is 0 Å². The predicted molar refractivity (Wildman–Crippen MR) is 66.4 cm³/mol. The molecule has 0 bridgehead atoms. The first-order valence-electron chi connectivity index (χ1n) is 5.77.